The molecule has 0 aliphatic heterocycles. The summed E-state index contributed by atoms with van der Waals surface area (Å²) in [5.74, 6) is 1.55. The van der Waals surface area contributed by atoms with E-state index in [1.165, 1.54) is 0 Å². The summed E-state index contributed by atoms with van der Waals surface area (Å²) in [7, 11) is 1.90. The van der Waals surface area contributed by atoms with Crippen LogP contribution >= 0.6 is 0 Å². The molecule has 1 aromatic heterocycles. The molecular formula is C16H16N4. The Morgan fingerprint density at radius 2 is 1.75 bits per heavy atom. The lowest BCUT2D eigenvalue weighted by Gasteiger charge is -2.06. The Morgan fingerprint density at radius 3 is 2.50 bits per heavy atom. The third kappa shape index (κ3) is 2.05. The second kappa shape index (κ2) is 4.81. The number of nitrogens with two attached hydrogens (primary N) is 1. The summed E-state index contributed by atoms with van der Waals surface area (Å²) < 4.78 is 1.80. The van der Waals surface area contributed by atoms with E-state index in [1.54, 1.807) is 4.68 Å². The van der Waals surface area contributed by atoms with Crippen molar-refractivity contribution in [3.8, 4) is 22.8 Å². The van der Waals surface area contributed by atoms with Gasteiger partial charge in [0.15, 0.2) is 11.6 Å². The summed E-state index contributed by atoms with van der Waals surface area (Å²) in [5, 5.41) is 4.49. The van der Waals surface area contributed by atoms with Crippen molar-refractivity contribution >= 4 is 5.69 Å². The predicted octanol–water partition coefficient (Wildman–Crippen LogP) is 3.04. The largest absolute Gasteiger partial charge is 0.398 e. The number of benzene rings is 2. The van der Waals surface area contributed by atoms with Crippen molar-refractivity contribution in [1.29, 1.82) is 0 Å². The van der Waals surface area contributed by atoms with Crippen molar-refractivity contribution in [3.63, 3.8) is 0 Å². The lowest BCUT2D eigenvalue weighted by molar-refractivity contribution is 0.777. The molecule has 0 spiro atoms. The molecule has 0 unspecified atom stereocenters. The van der Waals surface area contributed by atoms with Gasteiger partial charge in [0.1, 0.15) is 0 Å². The highest BCUT2D eigenvalue weighted by molar-refractivity contribution is 5.69. The summed E-state index contributed by atoms with van der Waals surface area (Å²) in [6.07, 6.45) is 0. The number of aryl methyl sites for hydroxylation is 1. The van der Waals surface area contributed by atoms with Crippen molar-refractivity contribution < 1.29 is 0 Å². The van der Waals surface area contributed by atoms with Crippen molar-refractivity contribution in [1.82, 2.24) is 14.8 Å². The zero-order valence-corrected chi connectivity index (χ0v) is 11.5. The molecule has 0 aliphatic rings. The molecule has 0 bridgehead atoms. The molecule has 4 heteroatoms. The Morgan fingerprint density at radius 1 is 1.00 bits per heavy atom. The average Bonchev–Trinajstić information content (AvgIpc) is 2.85. The Labute approximate surface area is 117 Å². The van der Waals surface area contributed by atoms with Crippen molar-refractivity contribution in [3.05, 3.63) is 54.1 Å². The molecule has 2 N–H and O–H groups in total. The third-order valence-electron chi connectivity index (χ3n) is 3.41. The molecule has 0 saturated heterocycles. The van der Waals surface area contributed by atoms with E-state index < -0.39 is 0 Å². The van der Waals surface area contributed by atoms with Crippen LogP contribution in [0.25, 0.3) is 22.8 Å². The van der Waals surface area contributed by atoms with E-state index in [4.69, 9.17) is 5.73 Å². The van der Waals surface area contributed by atoms with Gasteiger partial charge in [-0.1, -0.05) is 42.5 Å². The van der Waals surface area contributed by atoms with E-state index in [-0.39, 0.29) is 0 Å². The first-order valence-electron chi connectivity index (χ1n) is 6.49. The van der Waals surface area contributed by atoms with Crippen LogP contribution in [0.2, 0.25) is 0 Å². The van der Waals surface area contributed by atoms with Gasteiger partial charge in [-0.25, -0.2) is 9.67 Å². The van der Waals surface area contributed by atoms with Crippen LogP contribution in [0.1, 0.15) is 5.56 Å². The van der Waals surface area contributed by atoms with E-state index in [0.29, 0.717) is 0 Å². The normalized spacial score (nSPS) is 10.7. The summed E-state index contributed by atoms with van der Waals surface area (Å²) >= 11 is 0. The monoisotopic (exact) mass is 264 g/mol. The van der Waals surface area contributed by atoms with Crippen LogP contribution < -0.4 is 5.73 Å². The van der Waals surface area contributed by atoms with Crippen LogP contribution in [0.4, 0.5) is 5.69 Å². The maximum Gasteiger partial charge on any atom is 0.181 e. The average molecular weight is 264 g/mol. The standard InChI is InChI=1S/C16H16N4/c1-11-13(9-6-10-14(11)17)16-18-15(19-20(16)2)12-7-4-3-5-8-12/h3-10H,17H2,1-2H3. The van der Waals surface area contributed by atoms with Gasteiger partial charge in [-0.15, -0.1) is 0 Å². The molecule has 3 aromatic rings. The molecule has 4 nitrogen and oxygen atoms in total. The minimum atomic E-state index is 0.727. The van der Waals surface area contributed by atoms with Crippen LogP contribution in [0.3, 0.4) is 0 Å². The smallest absolute Gasteiger partial charge is 0.181 e. The first-order valence-corrected chi connectivity index (χ1v) is 6.49. The lowest BCUT2D eigenvalue weighted by atomic mass is 10.1. The Bertz CT molecular complexity index is 744. The second-order valence-electron chi connectivity index (χ2n) is 4.77. The fraction of sp³-hybridized carbons (Fsp3) is 0.125. The number of aromatic nitrogens is 3. The minimum Gasteiger partial charge on any atom is -0.398 e. The molecule has 0 atom stereocenters. The molecule has 0 amide bonds. The van der Waals surface area contributed by atoms with Gasteiger partial charge in [0.2, 0.25) is 0 Å². The van der Waals surface area contributed by atoms with Gasteiger partial charge < -0.3 is 5.73 Å². The summed E-state index contributed by atoms with van der Waals surface area (Å²) in [6.45, 7) is 2.00. The van der Waals surface area contributed by atoms with Crippen molar-refractivity contribution in [2.24, 2.45) is 7.05 Å². The quantitative estimate of drug-likeness (QED) is 0.724. The van der Waals surface area contributed by atoms with Crippen LogP contribution in [-0.2, 0) is 7.05 Å². The molecule has 0 aliphatic carbocycles. The van der Waals surface area contributed by atoms with Crippen molar-refractivity contribution in [2.45, 2.75) is 6.92 Å². The van der Waals surface area contributed by atoms with Gasteiger partial charge in [0.05, 0.1) is 0 Å². The molecule has 0 fully saturated rings. The summed E-state index contributed by atoms with van der Waals surface area (Å²) in [6, 6.07) is 15.8. The van der Waals surface area contributed by atoms with Crippen LogP contribution in [0, 0.1) is 6.92 Å². The van der Waals surface area contributed by atoms with Crippen LogP contribution in [-0.4, -0.2) is 14.8 Å². The summed E-state index contributed by atoms with van der Waals surface area (Å²) in [5.41, 5.74) is 9.79. The number of hydrogen-bond donors (Lipinski definition) is 1. The number of rotatable bonds is 2. The SMILES string of the molecule is Cc1c(N)cccc1-c1nc(-c2ccccc2)nn1C. The maximum absolute atomic E-state index is 5.97. The molecular weight excluding hydrogens is 248 g/mol. The first-order chi connectivity index (χ1) is 9.66. The fourth-order valence-electron chi connectivity index (χ4n) is 2.22. The van der Waals surface area contributed by atoms with Gasteiger partial charge in [-0.3, -0.25) is 0 Å². The zero-order chi connectivity index (χ0) is 14.1. The molecule has 3 rings (SSSR count). The highest BCUT2D eigenvalue weighted by Crippen LogP contribution is 2.27. The van der Waals surface area contributed by atoms with E-state index in [9.17, 15) is 0 Å². The fourth-order valence-corrected chi connectivity index (χ4v) is 2.22. The Hall–Kier alpha value is -2.62. The lowest BCUT2D eigenvalue weighted by Crippen LogP contribution is -1.98. The topological polar surface area (TPSA) is 56.7 Å². The van der Waals surface area contributed by atoms with E-state index in [1.807, 2.05) is 62.5 Å². The van der Waals surface area contributed by atoms with Crippen LogP contribution in [0.15, 0.2) is 48.5 Å². The number of anilines is 1. The highest BCUT2D eigenvalue weighted by Gasteiger charge is 2.13. The van der Waals surface area contributed by atoms with Gasteiger partial charge in [0.25, 0.3) is 0 Å². The summed E-state index contributed by atoms with van der Waals surface area (Å²) in [4.78, 5) is 4.65. The van der Waals surface area contributed by atoms with Gasteiger partial charge in [-0.05, 0) is 18.6 Å². The minimum absolute atomic E-state index is 0.727. The molecule has 1 heterocycles. The third-order valence-corrected chi connectivity index (χ3v) is 3.41. The van der Waals surface area contributed by atoms with Crippen molar-refractivity contribution in [2.75, 3.05) is 5.73 Å². The molecule has 20 heavy (non-hydrogen) atoms. The maximum atomic E-state index is 5.97. The predicted molar refractivity (Wildman–Crippen MR) is 81.0 cm³/mol. The second-order valence-corrected chi connectivity index (χ2v) is 4.77. The van der Waals surface area contributed by atoms with Gasteiger partial charge in [0, 0.05) is 23.9 Å². The van der Waals surface area contributed by atoms with Gasteiger partial charge >= 0.3 is 0 Å². The molecule has 2 aromatic carbocycles. The number of nitrogen functional groups attached to an aromatic ring is 1. The highest BCUT2D eigenvalue weighted by atomic mass is 15.3. The molecule has 0 radical (unpaired) electrons. The van der Waals surface area contributed by atoms with E-state index >= 15 is 0 Å². The zero-order valence-electron chi connectivity index (χ0n) is 11.5. The Kier molecular flexibility index (Phi) is 2.99. The number of nitrogens with zero attached hydrogens (tertiary/aromatic N) is 3. The number of hydrogen-bond acceptors (Lipinski definition) is 3. The first kappa shape index (κ1) is 12.4. The molecule has 0 saturated carbocycles. The van der Waals surface area contributed by atoms with Crippen LogP contribution in [0.5, 0.6) is 0 Å². The molecule has 100 valence electrons. The Balaban J connectivity index is 2.12. The van der Waals surface area contributed by atoms with E-state index in [0.717, 1.165) is 34.0 Å². The van der Waals surface area contributed by atoms with E-state index in [2.05, 4.69) is 10.1 Å². The van der Waals surface area contributed by atoms with Gasteiger partial charge in [-0.2, -0.15) is 5.10 Å².